The van der Waals surface area contributed by atoms with Crippen molar-refractivity contribution in [1.82, 2.24) is 5.32 Å². The van der Waals surface area contributed by atoms with Gasteiger partial charge in [-0.05, 0) is 50.1 Å². The predicted octanol–water partition coefficient (Wildman–Crippen LogP) is 3.24. The molecule has 3 heteroatoms. The Bertz CT molecular complexity index is 361. The standard InChI is InChI=1S/C14H21NOS/c1-11-9-13(16-2)6-7-14(11)17-10-12-5-3-4-8-15-12/h6-7,9,12,15H,3-5,8,10H2,1-2H3. The maximum Gasteiger partial charge on any atom is 0.119 e. The monoisotopic (exact) mass is 251 g/mol. The highest BCUT2D eigenvalue weighted by atomic mass is 32.2. The lowest BCUT2D eigenvalue weighted by Crippen LogP contribution is -2.35. The first kappa shape index (κ1) is 12.8. The van der Waals surface area contributed by atoms with E-state index in [2.05, 4.69) is 24.4 Å². The minimum Gasteiger partial charge on any atom is -0.497 e. The molecule has 0 saturated carbocycles. The summed E-state index contributed by atoms with van der Waals surface area (Å²) in [6.45, 7) is 3.34. The van der Waals surface area contributed by atoms with E-state index >= 15 is 0 Å². The van der Waals surface area contributed by atoms with E-state index in [0.29, 0.717) is 6.04 Å². The van der Waals surface area contributed by atoms with Gasteiger partial charge in [0, 0.05) is 16.7 Å². The van der Waals surface area contributed by atoms with Crippen LogP contribution in [-0.4, -0.2) is 25.4 Å². The van der Waals surface area contributed by atoms with Crippen molar-refractivity contribution in [2.75, 3.05) is 19.4 Å². The molecule has 0 amide bonds. The Morgan fingerprint density at radius 2 is 2.29 bits per heavy atom. The van der Waals surface area contributed by atoms with Gasteiger partial charge in [0.1, 0.15) is 5.75 Å². The molecule has 0 aromatic heterocycles. The highest BCUT2D eigenvalue weighted by Crippen LogP contribution is 2.27. The molecule has 1 aromatic carbocycles. The molecule has 0 radical (unpaired) electrons. The number of ether oxygens (including phenoxy) is 1. The molecule has 0 aliphatic carbocycles. The summed E-state index contributed by atoms with van der Waals surface area (Å²) in [7, 11) is 1.72. The molecule has 0 spiro atoms. The average Bonchev–Trinajstić information content (AvgIpc) is 2.38. The van der Waals surface area contributed by atoms with E-state index in [-0.39, 0.29) is 0 Å². The Balaban J connectivity index is 1.89. The maximum atomic E-state index is 5.22. The first-order chi connectivity index (χ1) is 8.29. The summed E-state index contributed by atoms with van der Waals surface area (Å²) >= 11 is 1.95. The van der Waals surface area contributed by atoms with Gasteiger partial charge < -0.3 is 10.1 Å². The zero-order valence-corrected chi connectivity index (χ0v) is 11.5. The summed E-state index contributed by atoms with van der Waals surface area (Å²) in [5.74, 6) is 2.12. The van der Waals surface area contributed by atoms with Crippen molar-refractivity contribution in [3.05, 3.63) is 23.8 Å². The maximum absolute atomic E-state index is 5.22. The van der Waals surface area contributed by atoms with E-state index < -0.39 is 0 Å². The fourth-order valence-electron chi connectivity index (χ4n) is 2.17. The molecule has 1 fully saturated rings. The lowest BCUT2D eigenvalue weighted by atomic mass is 10.1. The van der Waals surface area contributed by atoms with Crippen LogP contribution in [0.1, 0.15) is 24.8 Å². The van der Waals surface area contributed by atoms with Crippen molar-refractivity contribution in [2.24, 2.45) is 0 Å². The summed E-state index contributed by atoms with van der Waals surface area (Å²) in [5.41, 5.74) is 1.31. The number of rotatable bonds is 4. The largest absolute Gasteiger partial charge is 0.497 e. The number of hydrogen-bond donors (Lipinski definition) is 1. The Labute approximate surface area is 108 Å². The Hall–Kier alpha value is -0.670. The second kappa shape index (κ2) is 6.31. The third kappa shape index (κ3) is 3.65. The van der Waals surface area contributed by atoms with Crippen LogP contribution in [0.5, 0.6) is 5.75 Å². The normalized spacial score (nSPS) is 20.2. The second-order valence-corrected chi connectivity index (χ2v) is 5.65. The third-order valence-corrected chi connectivity index (χ3v) is 4.57. The summed E-state index contributed by atoms with van der Waals surface area (Å²) in [6, 6.07) is 7.01. The van der Waals surface area contributed by atoms with Crippen LogP contribution in [0.4, 0.5) is 0 Å². The number of aryl methyl sites for hydroxylation is 1. The molecular formula is C14H21NOS. The van der Waals surface area contributed by atoms with Crippen molar-refractivity contribution in [1.29, 1.82) is 0 Å². The summed E-state index contributed by atoms with van der Waals surface area (Å²) in [6.07, 6.45) is 4.03. The Morgan fingerprint density at radius 1 is 1.41 bits per heavy atom. The molecular weight excluding hydrogens is 230 g/mol. The molecule has 17 heavy (non-hydrogen) atoms. The zero-order valence-electron chi connectivity index (χ0n) is 10.7. The molecule has 1 saturated heterocycles. The first-order valence-electron chi connectivity index (χ1n) is 6.30. The van der Waals surface area contributed by atoms with Crippen LogP contribution >= 0.6 is 11.8 Å². The van der Waals surface area contributed by atoms with Crippen LogP contribution < -0.4 is 10.1 Å². The number of thioether (sulfide) groups is 1. The van der Waals surface area contributed by atoms with Crippen LogP contribution in [0.15, 0.2) is 23.1 Å². The quantitative estimate of drug-likeness (QED) is 0.830. The van der Waals surface area contributed by atoms with E-state index in [1.165, 1.54) is 42.0 Å². The minimum absolute atomic E-state index is 0.690. The van der Waals surface area contributed by atoms with Crippen LogP contribution in [0, 0.1) is 6.92 Å². The minimum atomic E-state index is 0.690. The van der Waals surface area contributed by atoms with Gasteiger partial charge in [-0.15, -0.1) is 11.8 Å². The first-order valence-corrected chi connectivity index (χ1v) is 7.29. The van der Waals surface area contributed by atoms with Gasteiger partial charge in [0.25, 0.3) is 0 Å². The fraction of sp³-hybridized carbons (Fsp3) is 0.571. The Morgan fingerprint density at radius 3 is 2.94 bits per heavy atom. The molecule has 1 N–H and O–H groups in total. The number of nitrogens with one attached hydrogen (secondary N) is 1. The van der Waals surface area contributed by atoms with Gasteiger partial charge in [-0.1, -0.05) is 6.42 Å². The smallest absolute Gasteiger partial charge is 0.119 e. The van der Waals surface area contributed by atoms with Crippen LogP contribution in [0.3, 0.4) is 0 Å². The highest BCUT2D eigenvalue weighted by Gasteiger charge is 2.13. The van der Waals surface area contributed by atoms with Crippen molar-refractivity contribution >= 4 is 11.8 Å². The number of piperidine rings is 1. The van der Waals surface area contributed by atoms with Crippen molar-refractivity contribution < 1.29 is 4.74 Å². The lowest BCUT2D eigenvalue weighted by Gasteiger charge is -2.23. The SMILES string of the molecule is COc1ccc(SCC2CCCCN2)c(C)c1. The van der Waals surface area contributed by atoms with Gasteiger partial charge in [-0.2, -0.15) is 0 Å². The van der Waals surface area contributed by atoms with Crippen molar-refractivity contribution in [3.8, 4) is 5.75 Å². The van der Waals surface area contributed by atoms with E-state index in [4.69, 9.17) is 4.74 Å². The molecule has 1 aromatic rings. The van der Waals surface area contributed by atoms with Crippen LogP contribution in [0.25, 0.3) is 0 Å². The summed E-state index contributed by atoms with van der Waals surface area (Å²) in [5, 5.41) is 3.59. The molecule has 1 aliphatic heterocycles. The van der Waals surface area contributed by atoms with E-state index in [1.807, 2.05) is 17.8 Å². The summed E-state index contributed by atoms with van der Waals surface area (Å²) in [4.78, 5) is 1.37. The number of benzene rings is 1. The average molecular weight is 251 g/mol. The molecule has 1 unspecified atom stereocenters. The molecule has 1 heterocycles. The van der Waals surface area contributed by atoms with Crippen LogP contribution in [-0.2, 0) is 0 Å². The molecule has 2 rings (SSSR count). The van der Waals surface area contributed by atoms with Crippen molar-refractivity contribution in [2.45, 2.75) is 37.1 Å². The van der Waals surface area contributed by atoms with E-state index in [0.717, 1.165) is 5.75 Å². The summed E-state index contributed by atoms with van der Waals surface area (Å²) < 4.78 is 5.22. The highest BCUT2D eigenvalue weighted by molar-refractivity contribution is 7.99. The van der Waals surface area contributed by atoms with E-state index in [1.54, 1.807) is 7.11 Å². The molecule has 0 bridgehead atoms. The van der Waals surface area contributed by atoms with Gasteiger partial charge in [-0.25, -0.2) is 0 Å². The van der Waals surface area contributed by atoms with Gasteiger partial charge in [0.2, 0.25) is 0 Å². The van der Waals surface area contributed by atoms with Crippen LogP contribution in [0.2, 0.25) is 0 Å². The molecule has 1 atom stereocenters. The second-order valence-electron chi connectivity index (χ2n) is 4.59. The van der Waals surface area contributed by atoms with Gasteiger partial charge >= 0.3 is 0 Å². The topological polar surface area (TPSA) is 21.3 Å². The van der Waals surface area contributed by atoms with Gasteiger partial charge in [0.15, 0.2) is 0 Å². The zero-order chi connectivity index (χ0) is 12.1. The van der Waals surface area contributed by atoms with Crippen molar-refractivity contribution in [3.63, 3.8) is 0 Å². The molecule has 2 nitrogen and oxygen atoms in total. The Kier molecular flexibility index (Phi) is 4.75. The lowest BCUT2D eigenvalue weighted by molar-refractivity contribution is 0.414. The number of methoxy groups -OCH3 is 1. The van der Waals surface area contributed by atoms with E-state index in [9.17, 15) is 0 Å². The number of hydrogen-bond acceptors (Lipinski definition) is 3. The predicted molar refractivity (Wildman–Crippen MR) is 74.1 cm³/mol. The van der Waals surface area contributed by atoms with Gasteiger partial charge in [0.05, 0.1) is 7.11 Å². The molecule has 94 valence electrons. The van der Waals surface area contributed by atoms with Gasteiger partial charge in [-0.3, -0.25) is 0 Å². The fourth-order valence-corrected chi connectivity index (χ4v) is 3.28. The third-order valence-electron chi connectivity index (χ3n) is 3.23. The molecule has 1 aliphatic rings.